The second-order valence-electron chi connectivity index (χ2n) is 6.93. The number of alkyl halides is 3. The Hall–Kier alpha value is -1.93. The summed E-state index contributed by atoms with van der Waals surface area (Å²) in [6, 6.07) is 8.27. The number of hydrogen-bond donors (Lipinski definition) is 1. The Morgan fingerprint density at radius 3 is 2.07 bits per heavy atom. The highest BCUT2D eigenvalue weighted by Gasteiger charge is 2.31. The molecule has 0 fully saturated rings. The Kier molecular flexibility index (Phi) is 6.01. The molecular formula is C19H21F4NO2S. The van der Waals surface area contributed by atoms with E-state index in [9.17, 15) is 26.0 Å². The van der Waals surface area contributed by atoms with Gasteiger partial charge in [0.1, 0.15) is 5.82 Å². The van der Waals surface area contributed by atoms with Crippen LogP contribution in [0.25, 0.3) is 0 Å². The molecule has 0 saturated carbocycles. The number of sulfonamides is 1. The SMILES string of the molecule is CCC(C)(C)c1ccc(S(=O)(=O)NCc2cc(F)cc(C(F)(F)F)c2)cc1. The summed E-state index contributed by atoms with van der Waals surface area (Å²) in [5, 5.41) is 0. The fourth-order valence-corrected chi connectivity index (χ4v) is 3.48. The highest BCUT2D eigenvalue weighted by molar-refractivity contribution is 7.89. The summed E-state index contributed by atoms with van der Waals surface area (Å²) in [6.07, 6.45) is -3.84. The Bertz CT molecular complexity index is 904. The van der Waals surface area contributed by atoms with Gasteiger partial charge in [-0.2, -0.15) is 13.2 Å². The lowest BCUT2D eigenvalue weighted by molar-refractivity contribution is -0.137. The van der Waals surface area contributed by atoms with Crippen molar-refractivity contribution in [2.45, 2.75) is 50.2 Å². The molecule has 0 amide bonds. The monoisotopic (exact) mass is 403 g/mol. The molecule has 0 aromatic heterocycles. The standard InChI is InChI=1S/C19H21F4NO2S/c1-4-18(2,3)14-5-7-17(8-6-14)27(25,26)24-12-13-9-15(19(21,22)23)11-16(20)10-13/h5-11,24H,4,12H2,1-3H3. The molecule has 0 heterocycles. The van der Waals surface area contributed by atoms with E-state index in [1.807, 2.05) is 20.8 Å². The van der Waals surface area contributed by atoms with Crippen molar-refractivity contribution in [1.82, 2.24) is 4.72 Å². The van der Waals surface area contributed by atoms with Gasteiger partial charge in [0.15, 0.2) is 0 Å². The van der Waals surface area contributed by atoms with Crippen LogP contribution in [0.5, 0.6) is 0 Å². The minimum atomic E-state index is -4.71. The summed E-state index contributed by atoms with van der Waals surface area (Å²) in [7, 11) is -3.94. The van der Waals surface area contributed by atoms with Gasteiger partial charge in [-0.1, -0.05) is 32.9 Å². The molecule has 0 aliphatic carbocycles. The first-order chi connectivity index (χ1) is 12.3. The molecule has 2 aromatic rings. The van der Waals surface area contributed by atoms with Crippen LogP contribution in [0.1, 0.15) is 43.9 Å². The third kappa shape index (κ3) is 5.29. The van der Waals surface area contributed by atoms with E-state index in [-0.39, 0.29) is 15.9 Å². The zero-order chi connectivity index (χ0) is 20.5. The van der Waals surface area contributed by atoms with E-state index in [0.29, 0.717) is 6.07 Å². The van der Waals surface area contributed by atoms with Crippen LogP contribution >= 0.6 is 0 Å². The third-order valence-corrected chi connectivity index (χ3v) is 6.00. The Labute approximate surface area is 156 Å². The summed E-state index contributed by atoms with van der Waals surface area (Å²) >= 11 is 0. The molecule has 2 aromatic carbocycles. The van der Waals surface area contributed by atoms with Gasteiger partial charge >= 0.3 is 6.18 Å². The first-order valence-electron chi connectivity index (χ1n) is 8.32. The van der Waals surface area contributed by atoms with Crippen LogP contribution in [0.4, 0.5) is 17.6 Å². The molecule has 0 aliphatic rings. The molecule has 0 radical (unpaired) electrons. The predicted octanol–water partition coefficient (Wildman–Crippen LogP) is 5.01. The van der Waals surface area contributed by atoms with Gasteiger partial charge in [-0.3, -0.25) is 0 Å². The molecule has 0 saturated heterocycles. The van der Waals surface area contributed by atoms with Crippen molar-refractivity contribution >= 4 is 10.0 Å². The number of nitrogens with one attached hydrogen (secondary N) is 1. The molecule has 3 nitrogen and oxygen atoms in total. The van der Waals surface area contributed by atoms with Crippen LogP contribution in [-0.4, -0.2) is 8.42 Å². The fourth-order valence-electron chi connectivity index (χ4n) is 2.47. The van der Waals surface area contributed by atoms with Crippen LogP contribution in [0.15, 0.2) is 47.4 Å². The van der Waals surface area contributed by atoms with Crippen molar-refractivity contribution in [3.05, 3.63) is 65.0 Å². The van der Waals surface area contributed by atoms with Gasteiger partial charge in [0.05, 0.1) is 10.5 Å². The van der Waals surface area contributed by atoms with Crippen LogP contribution < -0.4 is 4.72 Å². The third-order valence-electron chi connectivity index (χ3n) is 4.58. The highest BCUT2D eigenvalue weighted by atomic mass is 32.2. The predicted molar refractivity (Wildman–Crippen MR) is 95.2 cm³/mol. The summed E-state index contributed by atoms with van der Waals surface area (Å²) < 4.78 is 78.6. The molecular weight excluding hydrogens is 382 g/mol. The van der Waals surface area contributed by atoms with Crippen LogP contribution in [0.2, 0.25) is 0 Å². The van der Waals surface area contributed by atoms with Crippen LogP contribution in [-0.2, 0) is 28.2 Å². The number of benzene rings is 2. The summed E-state index contributed by atoms with van der Waals surface area (Å²) in [6.45, 7) is 5.65. The molecule has 0 bridgehead atoms. The first-order valence-corrected chi connectivity index (χ1v) is 9.80. The topological polar surface area (TPSA) is 46.2 Å². The van der Waals surface area contributed by atoms with Crippen molar-refractivity contribution in [3.8, 4) is 0 Å². The molecule has 0 spiro atoms. The molecule has 8 heteroatoms. The van der Waals surface area contributed by atoms with Crippen molar-refractivity contribution in [1.29, 1.82) is 0 Å². The normalized spacial score (nSPS) is 13.0. The minimum absolute atomic E-state index is 0.00870. The zero-order valence-electron chi connectivity index (χ0n) is 15.2. The molecule has 0 atom stereocenters. The van der Waals surface area contributed by atoms with E-state index in [4.69, 9.17) is 0 Å². The van der Waals surface area contributed by atoms with Crippen molar-refractivity contribution < 1.29 is 26.0 Å². The smallest absolute Gasteiger partial charge is 0.207 e. The molecule has 0 unspecified atom stereocenters. The van der Waals surface area contributed by atoms with Crippen LogP contribution in [0.3, 0.4) is 0 Å². The number of rotatable bonds is 6. The highest BCUT2D eigenvalue weighted by Crippen LogP contribution is 2.31. The van der Waals surface area contributed by atoms with Gasteiger partial charge in [-0.15, -0.1) is 0 Å². The van der Waals surface area contributed by atoms with Crippen molar-refractivity contribution in [3.63, 3.8) is 0 Å². The lowest BCUT2D eigenvalue weighted by atomic mass is 9.82. The number of halogens is 4. The Morgan fingerprint density at radius 2 is 1.56 bits per heavy atom. The molecule has 2 rings (SSSR count). The van der Waals surface area contributed by atoms with Gasteiger partial charge in [0.2, 0.25) is 10.0 Å². The molecule has 27 heavy (non-hydrogen) atoms. The summed E-state index contributed by atoms with van der Waals surface area (Å²) in [4.78, 5) is -0.00870. The first kappa shape index (κ1) is 21.4. The van der Waals surface area contributed by atoms with Gasteiger partial charge < -0.3 is 0 Å². The lowest BCUT2D eigenvalue weighted by Gasteiger charge is -2.23. The lowest BCUT2D eigenvalue weighted by Crippen LogP contribution is -2.24. The summed E-state index contributed by atoms with van der Waals surface area (Å²) in [5.41, 5.74) is -0.410. The van der Waals surface area contributed by atoms with Gasteiger partial charge in [0, 0.05) is 6.54 Å². The molecule has 148 valence electrons. The minimum Gasteiger partial charge on any atom is -0.207 e. The molecule has 0 aliphatic heterocycles. The Balaban J connectivity index is 2.19. The van der Waals surface area contributed by atoms with Crippen molar-refractivity contribution in [2.75, 3.05) is 0 Å². The largest absolute Gasteiger partial charge is 0.416 e. The second-order valence-corrected chi connectivity index (χ2v) is 8.70. The van der Waals surface area contributed by atoms with E-state index in [1.54, 1.807) is 12.1 Å². The average molecular weight is 403 g/mol. The quantitative estimate of drug-likeness (QED) is 0.689. The van der Waals surface area contributed by atoms with Gasteiger partial charge in [-0.25, -0.2) is 17.5 Å². The van der Waals surface area contributed by atoms with E-state index in [1.165, 1.54) is 12.1 Å². The molecule has 1 N–H and O–H groups in total. The van der Waals surface area contributed by atoms with E-state index in [0.717, 1.165) is 24.1 Å². The van der Waals surface area contributed by atoms with Gasteiger partial charge in [-0.05, 0) is 53.3 Å². The van der Waals surface area contributed by atoms with E-state index < -0.39 is 34.1 Å². The maximum Gasteiger partial charge on any atom is 0.416 e. The number of hydrogen-bond acceptors (Lipinski definition) is 2. The van der Waals surface area contributed by atoms with E-state index >= 15 is 0 Å². The Morgan fingerprint density at radius 1 is 0.963 bits per heavy atom. The van der Waals surface area contributed by atoms with Crippen molar-refractivity contribution in [2.24, 2.45) is 0 Å². The van der Waals surface area contributed by atoms with E-state index in [2.05, 4.69) is 4.72 Å². The fraction of sp³-hybridized carbons (Fsp3) is 0.368. The maximum atomic E-state index is 13.4. The average Bonchev–Trinajstić information content (AvgIpc) is 2.59. The zero-order valence-corrected chi connectivity index (χ0v) is 16.0. The second kappa shape index (κ2) is 7.59. The van der Waals surface area contributed by atoms with Gasteiger partial charge in [0.25, 0.3) is 0 Å². The van der Waals surface area contributed by atoms with Crippen LogP contribution in [0, 0.1) is 5.82 Å². The summed E-state index contributed by atoms with van der Waals surface area (Å²) in [5.74, 6) is -1.08. The maximum absolute atomic E-state index is 13.4.